The summed E-state index contributed by atoms with van der Waals surface area (Å²) in [5, 5.41) is 19.4. The van der Waals surface area contributed by atoms with Crippen LogP contribution < -0.4 is 0 Å². The van der Waals surface area contributed by atoms with Gasteiger partial charge in [0, 0.05) is 18.2 Å². The fourth-order valence-corrected chi connectivity index (χ4v) is 1.34. The highest BCUT2D eigenvalue weighted by atomic mass is 16.5. The molecule has 0 radical (unpaired) electrons. The predicted molar refractivity (Wildman–Crippen MR) is 55.8 cm³/mol. The van der Waals surface area contributed by atoms with Crippen molar-refractivity contribution in [3.8, 4) is 5.75 Å². The van der Waals surface area contributed by atoms with Gasteiger partial charge < -0.3 is 19.7 Å². The molecule has 0 aliphatic rings. The monoisotopic (exact) mass is 226 g/mol. The van der Waals surface area contributed by atoms with Crippen LogP contribution in [0.25, 0.3) is 0 Å². The third-order valence-corrected chi connectivity index (χ3v) is 2.17. The molecule has 0 spiro atoms. The molecule has 0 fully saturated rings. The highest BCUT2D eigenvalue weighted by Crippen LogP contribution is 2.28. The van der Waals surface area contributed by atoms with Crippen LogP contribution in [0.5, 0.6) is 5.75 Å². The third-order valence-electron chi connectivity index (χ3n) is 2.17. The van der Waals surface area contributed by atoms with E-state index in [1.165, 1.54) is 20.3 Å². The lowest BCUT2D eigenvalue weighted by molar-refractivity contribution is -0.150. The molecule has 1 aromatic rings. The Morgan fingerprint density at radius 3 is 2.69 bits per heavy atom. The van der Waals surface area contributed by atoms with E-state index in [0.717, 1.165) is 0 Å². The van der Waals surface area contributed by atoms with E-state index in [2.05, 4.69) is 4.74 Å². The molecule has 2 N–H and O–H groups in total. The van der Waals surface area contributed by atoms with Crippen molar-refractivity contribution in [3.05, 3.63) is 29.3 Å². The zero-order valence-corrected chi connectivity index (χ0v) is 9.14. The molecular weight excluding hydrogens is 212 g/mol. The SMILES string of the molecule is COCc1cccc(C(O)C(=O)OC)c1O. The summed E-state index contributed by atoms with van der Waals surface area (Å²) >= 11 is 0. The minimum atomic E-state index is -1.48. The smallest absolute Gasteiger partial charge is 0.339 e. The van der Waals surface area contributed by atoms with Crippen molar-refractivity contribution < 1.29 is 24.5 Å². The number of ether oxygens (including phenoxy) is 2. The molecule has 88 valence electrons. The number of methoxy groups -OCH3 is 2. The quantitative estimate of drug-likeness (QED) is 0.741. The van der Waals surface area contributed by atoms with Crippen molar-refractivity contribution in [1.29, 1.82) is 0 Å². The van der Waals surface area contributed by atoms with Gasteiger partial charge in [-0.1, -0.05) is 18.2 Å². The van der Waals surface area contributed by atoms with Crippen molar-refractivity contribution in [2.24, 2.45) is 0 Å². The second kappa shape index (κ2) is 5.48. The number of aromatic hydroxyl groups is 1. The molecule has 1 unspecified atom stereocenters. The highest BCUT2D eigenvalue weighted by Gasteiger charge is 2.22. The summed E-state index contributed by atoms with van der Waals surface area (Å²) < 4.78 is 9.26. The third kappa shape index (κ3) is 2.50. The van der Waals surface area contributed by atoms with Gasteiger partial charge in [0.1, 0.15) is 5.75 Å². The molecule has 0 aromatic heterocycles. The van der Waals surface area contributed by atoms with Crippen molar-refractivity contribution >= 4 is 5.97 Å². The van der Waals surface area contributed by atoms with E-state index < -0.39 is 12.1 Å². The Hall–Kier alpha value is -1.59. The van der Waals surface area contributed by atoms with E-state index in [1.807, 2.05) is 0 Å². The molecule has 16 heavy (non-hydrogen) atoms. The van der Waals surface area contributed by atoms with Crippen LogP contribution in [0.1, 0.15) is 17.2 Å². The molecule has 0 amide bonds. The number of carbonyl (C=O) groups is 1. The van der Waals surface area contributed by atoms with Crippen molar-refractivity contribution in [1.82, 2.24) is 0 Å². The van der Waals surface area contributed by atoms with Gasteiger partial charge in [0.25, 0.3) is 0 Å². The molecule has 0 heterocycles. The molecule has 0 aliphatic carbocycles. The average molecular weight is 226 g/mol. The van der Waals surface area contributed by atoms with E-state index in [4.69, 9.17) is 4.74 Å². The van der Waals surface area contributed by atoms with Crippen LogP contribution in [0, 0.1) is 0 Å². The van der Waals surface area contributed by atoms with Gasteiger partial charge in [-0.2, -0.15) is 0 Å². The lowest BCUT2D eigenvalue weighted by atomic mass is 10.0. The number of aliphatic hydroxyl groups excluding tert-OH is 1. The summed E-state index contributed by atoms with van der Waals surface area (Å²) in [7, 11) is 2.66. The zero-order chi connectivity index (χ0) is 12.1. The number of para-hydroxylation sites is 1. The number of hydrogen-bond acceptors (Lipinski definition) is 5. The standard InChI is InChI=1S/C11H14O5/c1-15-6-7-4-3-5-8(9(7)12)10(13)11(14)16-2/h3-5,10,12-13H,6H2,1-2H3. The summed E-state index contributed by atoms with van der Waals surface area (Å²) in [6, 6.07) is 4.72. The van der Waals surface area contributed by atoms with Gasteiger partial charge in [-0.05, 0) is 0 Å². The van der Waals surface area contributed by atoms with Gasteiger partial charge in [-0.25, -0.2) is 4.79 Å². The van der Waals surface area contributed by atoms with Crippen LogP contribution >= 0.6 is 0 Å². The number of phenolic OH excluding ortho intramolecular Hbond substituents is 1. The first-order valence-corrected chi connectivity index (χ1v) is 4.67. The summed E-state index contributed by atoms with van der Waals surface area (Å²) in [6.45, 7) is 0.202. The highest BCUT2D eigenvalue weighted by molar-refractivity contribution is 5.77. The molecule has 0 saturated heterocycles. The Morgan fingerprint density at radius 2 is 2.12 bits per heavy atom. The van der Waals surface area contributed by atoms with Crippen LogP contribution in [-0.4, -0.2) is 30.4 Å². The van der Waals surface area contributed by atoms with Crippen molar-refractivity contribution in [2.45, 2.75) is 12.7 Å². The molecule has 1 atom stereocenters. The molecule has 0 bridgehead atoms. The minimum Gasteiger partial charge on any atom is -0.507 e. The van der Waals surface area contributed by atoms with E-state index in [-0.39, 0.29) is 17.9 Å². The predicted octanol–water partition coefficient (Wildman–Crippen LogP) is 0.745. The molecule has 5 nitrogen and oxygen atoms in total. The largest absolute Gasteiger partial charge is 0.507 e. The van der Waals surface area contributed by atoms with Crippen molar-refractivity contribution in [2.75, 3.05) is 14.2 Å². The topological polar surface area (TPSA) is 76.0 Å². The van der Waals surface area contributed by atoms with Gasteiger partial charge in [-0.3, -0.25) is 0 Å². The molecule has 0 saturated carbocycles. The second-order valence-corrected chi connectivity index (χ2v) is 3.21. The Bertz CT molecular complexity index is 375. The molecule has 0 aliphatic heterocycles. The van der Waals surface area contributed by atoms with E-state index in [1.54, 1.807) is 12.1 Å². The fourth-order valence-electron chi connectivity index (χ4n) is 1.34. The number of benzene rings is 1. The number of aliphatic hydroxyl groups is 1. The van der Waals surface area contributed by atoms with Crippen LogP contribution in [0.4, 0.5) is 0 Å². The average Bonchev–Trinajstić information content (AvgIpc) is 2.30. The maximum Gasteiger partial charge on any atom is 0.339 e. The van der Waals surface area contributed by atoms with E-state index in [9.17, 15) is 15.0 Å². The Labute approximate surface area is 93.2 Å². The molecule has 1 aromatic carbocycles. The fraction of sp³-hybridized carbons (Fsp3) is 0.364. The van der Waals surface area contributed by atoms with Gasteiger partial charge >= 0.3 is 5.97 Å². The summed E-state index contributed by atoms with van der Waals surface area (Å²) in [5.74, 6) is -0.966. The Morgan fingerprint density at radius 1 is 1.44 bits per heavy atom. The minimum absolute atomic E-state index is 0.112. The number of carbonyl (C=O) groups excluding carboxylic acids is 1. The van der Waals surface area contributed by atoms with Crippen LogP contribution in [0.3, 0.4) is 0 Å². The lowest BCUT2D eigenvalue weighted by Crippen LogP contribution is -2.14. The first-order valence-electron chi connectivity index (χ1n) is 4.67. The van der Waals surface area contributed by atoms with Crippen LogP contribution in [0.15, 0.2) is 18.2 Å². The number of hydrogen-bond donors (Lipinski definition) is 2. The molecular formula is C11H14O5. The van der Waals surface area contributed by atoms with Crippen LogP contribution in [-0.2, 0) is 20.9 Å². The first-order chi connectivity index (χ1) is 7.61. The van der Waals surface area contributed by atoms with Gasteiger partial charge in [0.05, 0.1) is 13.7 Å². The summed E-state index contributed by atoms with van der Waals surface area (Å²) in [6.07, 6.45) is -1.48. The van der Waals surface area contributed by atoms with Gasteiger partial charge in [0.15, 0.2) is 6.10 Å². The normalized spacial score (nSPS) is 12.2. The summed E-state index contributed by atoms with van der Waals surface area (Å²) in [4.78, 5) is 11.1. The Balaban J connectivity index is 3.05. The van der Waals surface area contributed by atoms with E-state index >= 15 is 0 Å². The van der Waals surface area contributed by atoms with Gasteiger partial charge in [0.2, 0.25) is 0 Å². The molecule has 1 rings (SSSR count). The van der Waals surface area contributed by atoms with Crippen molar-refractivity contribution in [3.63, 3.8) is 0 Å². The number of esters is 1. The van der Waals surface area contributed by atoms with E-state index in [0.29, 0.717) is 5.56 Å². The first kappa shape index (κ1) is 12.5. The Kier molecular flexibility index (Phi) is 4.28. The number of rotatable bonds is 4. The zero-order valence-electron chi connectivity index (χ0n) is 9.14. The maximum absolute atomic E-state index is 11.1. The summed E-state index contributed by atoms with van der Waals surface area (Å²) in [5.41, 5.74) is 0.615. The molecule has 5 heteroatoms. The van der Waals surface area contributed by atoms with Crippen LogP contribution in [0.2, 0.25) is 0 Å². The second-order valence-electron chi connectivity index (χ2n) is 3.21. The van der Waals surface area contributed by atoms with Gasteiger partial charge in [-0.15, -0.1) is 0 Å². The number of phenols is 1. The maximum atomic E-state index is 11.1. The lowest BCUT2D eigenvalue weighted by Gasteiger charge is -2.12.